The van der Waals surface area contributed by atoms with Crippen LogP contribution in [0.4, 0.5) is 4.79 Å². The summed E-state index contributed by atoms with van der Waals surface area (Å²) in [6.45, 7) is 4.70. The SMILES string of the molecule is CCOC(=O)N1CCC(C2(c3ccc(-c4ccc5ncccc5c4)cc3)OCCO2)CC1. The Labute approximate surface area is 188 Å². The number of nitrogens with zero attached hydrogens (tertiary/aromatic N) is 2. The Morgan fingerprint density at radius 1 is 1.06 bits per heavy atom. The quantitative estimate of drug-likeness (QED) is 0.583. The molecule has 5 rings (SSSR count). The van der Waals surface area contributed by atoms with Crippen molar-refractivity contribution in [2.24, 2.45) is 5.92 Å². The smallest absolute Gasteiger partial charge is 0.409 e. The lowest BCUT2D eigenvalue weighted by atomic mass is 9.83. The number of piperidine rings is 1. The summed E-state index contributed by atoms with van der Waals surface area (Å²) < 4.78 is 17.6. The Hall–Kier alpha value is -2.96. The molecule has 0 radical (unpaired) electrons. The van der Waals surface area contributed by atoms with Crippen molar-refractivity contribution < 1.29 is 19.0 Å². The number of fused-ring (bicyclic) bond motifs is 1. The normalized spacial score (nSPS) is 18.7. The number of pyridine rings is 1. The van der Waals surface area contributed by atoms with Crippen LogP contribution >= 0.6 is 0 Å². The number of rotatable bonds is 4. The predicted molar refractivity (Wildman–Crippen MR) is 122 cm³/mol. The molecule has 3 aromatic rings. The first-order valence-electron chi connectivity index (χ1n) is 11.3. The molecule has 2 aliphatic heterocycles. The van der Waals surface area contributed by atoms with Gasteiger partial charge in [0.2, 0.25) is 0 Å². The number of hydrogen-bond donors (Lipinski definition) is 0. The lowest BCUT2D eigenvalue weighted by molar-refractivity contribution is -0.213. The first kappa shape index (κ1) is 20.9. The van der Waals surface area contributed by atoms with Crippen LogP contribution in [0.5, 0.6) is 0 Å². The average Bonchev–Trinajstić information content (AvgIpc) is 3.35. The van der Waals surface area contributed by atoms with Crippen LogP contribution in [0, 0.1) is 5.92 Å². The molecular weight excluding hydrogens is 404 g/mol. The average molecular weight is 433 g/mol. The fourth-order valence-electron chi connectivity index (χ4n) is 4.87. The van der Waals surface area contributed by atoms with E-state index in [0.717, 1.165) is 40.4 Å². The Balaban J connectivity index is 1.36. The molecule has 166 valence electrons. The predicted octanol–water partition coefficient (Wildman–Crippen LogP) is 4.97. The van der Waals surface area contributed by atoms with E-state index in [4.69, 9.17) is 14.2 Å². The number of amides is 1. The van der Waals surface area contributed by atoms with E-state index in [1.54, 1.807) is 4.90 Å². The molecular formula is C26H28N2O4. The number of carbonyl (C=O) groups is 1. The van der Waals surface area contributed by atoms with Gasteiger partial charge in [-0.05, 0) is 49.1 Å². The third-order valence-corrected chi connectivity index (χ3v) is 6.50. The van der Waals surface area contributed by atoms with E-state index in [9.17, 15) is 4.79 Å². The summed E-state index contributed by atoms with van der Waals surface area (Å²) in [5.41, 5.74) is 4.33. The van der Waals surface area contributed by atoms with Crippen molar-refractivity contribution in [3.05, 3.63) is 66.4 Å². The van der Waals surface area contributed by atoms with Gasteiger partial charge < -0.3 is 19.1 Å². The molecule has 2 fully saturated rings. The topological polar surface area (TPSA) is 60.9 Å². The molecule has 2 aliphatic rings. The van der Waals surface area contributed by atoms with Crippen molar-refractivity contribution in [2.75, 3.05) is 32.9 Å². The number of benzene rings is 2. The van der Waals surface area contributed by atoms with Crippen LogP contribution in [0.25, 0.3) is 22.0 Å². The van der Waals surface area contributed by atoms with Crippen molar-refractivity contribution in [1.82, 2.24) is 9.88 Å². The second-order valence-electron chi connectivity index (χ2n) is 8.31. The van der Waals surface area contributed by atoms with Gasteiger partial charge in [-0.25, -0.2) is 4.79 Å². The summed E-state index contributed by atoms with van der Waals surface area (Å²) in [5, 5.41) is 1.13. The fourth-order valence-corrected chi connectivity index (χ4v) is 4.87. The maximum atomic E-state index is 12.1. The van der Waals surface area contributed by atoms with Crippen molar-refractivity contribution >= 4 is 17.0 Å². The number of hydrogen-bond acceptors (Lipinski definition) is 5. The molecule has 3 heterocycles. The van der Waals surface area contributed by atoms with Gasteiger partial charge in [-0.15, -0.1) is 0 Å². The van der Waals surface area contributed by atoms with Crippen molar-refractivity contribution in [1.29, 1.82) is 0 Å². The van der Waals surface area contributed by atoms with Gasteiger partial charge in [-0.2, -0.15) is 0 Å². The zero-order valence-electron chi connectivity index (χ0n) is 18.3. The van der Waals surface area contributed by atoms with Crippen LogP contribution in [0.2, 0.25) is 0 Å². The van der Waals surface area contributed by atoms with Crippen molar-refractivity contribution in [2.45, 2.75) is 25.6 Å². The minimum atomic E-state index is -0.743. The highest BCUT2D eigenvalue weighted by Gasteiger charge is 2.47. The molecule has 0 atom stereocenters. The second-order valence-corrected chi connectivity index (χ2v) is 8.31. The maximum Gasteiger partial charge on any atom is 0.409 e. The summed E-state index contributed by atoms with van der Waals surface area (Å²) in [7, 11) is 0. The standard InChI is InChI=1S/C26H28N2O4/c1-2-30-25(29)28-14-11-23(12-15-28)26(31-16-17-32-26)22-8-5-19(6-9-22)20-7-10-24-21(18-20)4-3-13-27-24/h3-10,13,18,23H,2,11-12,14-17H2,1H3. The summed E-state index contributed by atoms with van der Waals surface area (Å²) in [6.07, 6.45) is 3.22. The van der Waals surface area contributed by atoms with Crippen LogP contribution in [0.3, 0.4) is 0 Å². The monoisotopic (exact) mass is 432 g/mol. The molecule has 0 spiro atoms. The van der Waals surface area contributed by atoms with Crippen LogP contribution in [-0.4, -0.2) is 48.9 Å². The Morgan fingerprint density at radius 3 is 2.50 bits per heavy atom. The third kappa shape index (κ3) is 3.85. The molecule has 6 nitrogen and oxygen atoms in total. The van der Waals surface area contributed by atoms with Crippen LogP contribution in [-0.2, 0) is 20.0 Å². The number of likely N-dealkylation sites (tertiary alicyclic amines) is 1. The zero-order chi connectivity index (χ0) is 22.0. The van der Waals surface area contributed by atoms with E-state index in [1.807, 2.05) is 19.2 Å². The van der Waals surface area contributed by atoms with Gasteiger partial charge >= 0.3 is 6.09 Å². The number of aromatic nitrogens is 1. The molecule has 2 aromatic carbocycles. The van der Waals surface area contributed by atoms with E-state index >= 15 is 0 Å². The third-order valence-electron chi connectivity index (χ3n) is 6.50. The molecule has 0 unspecified atom stereocenters. The molecule has 6 heteroatoms. The largest absolute Gasteiger partial charge is 0.450 e. The summed E-state index contributed by atoms with van der Waals surface area (Å²) in [6, 6.07) is 18.9. The van der Waals surface area contributed by atoms with E-state index in [0.29, 0.717) is 32.9 Å². The van der Waals surface area contributed by atoms with Gasteiger partial charge in [0, 0.05) is 36.2 Å². The fraction of sp³-hybridized carbons (Fsp3) is 0.385. The zero-order valence-corrected chi connectivity index (χ0v) is 18.3. The van der Waals surface area contributed by atoms with Gasteiger partial charge in [0.25, 0.3) is 0 Å². The van der Waals surface area contributed by atoms with E-state index in [1.165, 1.54) is 0 Å². The Kier molecular flexibility index (Phi) is 5.81. The van der Waals surface area contributed by atoms with Gasteiger partial charge in [-0.1, -0.05) is 36.4 Å². The number of ether oxygens (including phenoxy) is 3. The van der Waals surface area contributed by atoms with Crippen LogP contribution < -0.4 is 0 Å². The molecule has 0 N–H and O–H groups in total. The molecule has 0 bridgehead atoms. The molecule has 0 saturated carbocycles. The minimum Gasteiger partial charge on any atom is -0.450 e. The first-order valence-corrected chi connectivity index (χ1v) is 11.3. The van der Waals surface area contributed by atoms with E-state index < -0.39 is 5.79 Å². The van der Waals surface area contributed by atoms with Gasteiger partial charge in [0.1, 0.15) is 0 Å². The number of carbonyl (C=O) groups excluding carboxylic acids is 1. The highest BCUT2D eigenvalue weighted by Crippen LogP contribution is 2.44. The molecule has 2 saturated heterocycles. The van der Waals surface area contributed by atoms with Crippen molar-refractivity contribution in [3.63, 3.8) is 0 Å². The summed E-state index contributed by atoms with van der Waals surface area (Å²) >= 11 is 0. The highest BCUT2D eigenvalue weighted by atomic mass is 16.7. The minimum absolute atomic E-state index is 0.188. The molecule has 32 heavy (non-hydrogen) atoms. The summed E-state index contributed by atoms with van der Waals surface area (Å²) in [4.78, 5) is 18.2. The van der Waals surface area contributed by atoms with Gasteiger partial charge in [0.15, 0.2) is 5.79 Å². The van der Waals surface area contributed by atoms with Crippen molar-refractivity contribution in [3.8, 4) is 11.1 Å². The summed E-state index contributed by atoms with van der Waals surface area (Å²) in [5.74, 6) is -0.555. The lowest BCUT2D eigenvalue weighted by Gasteiger charge is -2.41. The second kappa shape index (κ2) is 8.88. The maximum absolute atomic E-state index is 12.1. The van der Waals surface area contributed by atoms with E-state index in [2.05, 4.69) is 53.5 Å². The lowest BCUT2D eigenvalue weighted by Crippen LogP contribution is -2.46. The first-order chi connectivity index (χ1) is 15.7. The van der Waals surface area contributed by atoms with Gasteiger partial charge in [-0.3, -0.25) is 4.98 Å². The molecule has 1 aromatic heterocycles. The van der Waals surface area contributed by atoms with Gasteiger partial charge in [0.05, 0.1) is 25.3 Å². The van der Waals surface area contributed by atoms with Crippen LogP contribution in [0.1, 0.15) is 25.3 Å². The molecule has 1 amide bonds. The highest BCUT2D eigenvalue weighted by molar-refractivity contribution is 5.84. The Morgan fingerprint density at radius 2 is 1.78 bits per heavy atom. The van der Waals surface area contributed by atoms with Crippen LogP contribution in [0.15, 0.2) is 60.8 Å². The molecule has 0 aliphatic carbocycles. The van der Waals surface area contributed by atoms with E-state index in [-0.39, 0.29) is 12.0 Å². The Bertz CT molecular complexity index is 1080.